The van der Waals surface area contributed by atoms with Crippen LogP contribution in [0.2, 0.25) is 5.02 Å². The zero-order chi connectivity index (χ0) is 14.8. The molecule has 0 aliphatic carbocycles. The summed E-state index contributed by atoms with van der Waals surface area (Å²) in [5.41, 5.74) is 3.89. The number of rotatable bonds is 3. The number of anilines is 1. The molecular weight excluding hydrogens is 266 g/mol. The summed E-state index contributed by atoms with van der Waals surface area (Å²) in [6.45, 7) is 8.88. The third-order valence-corrected chi connectivity index (χ3v) is 3.73. The minimum absolute atomic E-state index is 0.128. The van der Waals surface area contributed by atoms with Crippen LogP contribution in [-0.4, -0.2) is 0 Å². The Morgan fingerprint density at radius 3 is 2.15 bits per heavy atom. The molecule has 2 aromatic carbocycles. The predicted octanol–water partition coefficient (Wildman–Crippen LogP) is 5.81. The van der Waals surface area contributed by atoms with Crippen LogP contribution in [-0.2, 0) is 5.41 Å². The van der Waals surface area contributed by atoms with E-state index < -0.39 is 0 Å². The highest BCUT2D eigenvalue weighted by Crippen LogP contribution is 2.31. The van der Waals surface area contributed by atoms with Crippen molar-refractivity contribution < 1.29 is 0 Å². The van der Waals surface area contributed by atoms with E-state index in [9.17, 15) is 0 Å². The summed E-state index contributed by atoms with van der Waals surface area (Å²) in [6.07, 6.45) is 0. The zero-order valence-electron chi connectivity index (χ0n) is 12.6. The number of para-hydroxylation sites is 1. The Balaban J connectivity index is 2.24. The van der Waals surface area contributed by atoms with Crippen LogP contribution in [0.25, 0.3) is 0 Å². The number of benzene rings is 2. The molecule has 1 nitrogen and oxygen atoms in total. The lowest BCUT2D eigenvalue weighted by atomic mass is 9.85. The van der Waals surface area contributed by atoms with E-state index in [0.717, 1.165) is 5.02 Å². The number of hydrogen-bond donors (Lipinski definition) is 1. The molecule has 0 aromatic heterocycles. The van der Waals surface area contributed by atoms with E-state index in [1.54, 1.807) is 0 Å². The van der Waals surface area contributed by atoms with Crippen molar-refractivity contribution in [2.75, 3.05) is 5.32 Å². The molecule has 0 bridgehead atoms. The van der Waals surface area contributed by atoms with Crippen molar-refractivity contribution in [2.45, 2.75) is 39.2 Å². The van der Waals surface area contributed by atoms with E-state index in [4.69, 9.17) is 11.6 Å². The van der Waals surface area contributed by atoms with E-state index in [1.165, 1.54) is 16.8 Å². The molecule has 1 N–H and O–H groups in total. The third-order valence-electron chi connectivity index (χ3n) is 3.48. The van der Waals surface area contributed by atoms with Crippen molar-refractivity contribution in [1.82, 2.24) is 0 Å². The van der Waals surface area contributed by atoms with Crippen LogP contribution in [0.5, 0.6) is 0 Å². The molecule has 1 atom stereocenters. The van der Waals surface area contributed by atoms with Gasteiger partial charge in [-0.2, -0.15) is 0 Å². The first-order valence-electron chi connectivity index (χ1n) is 6.99. The number of hydrogen-bond acceptors (Lipinski definition) is 1. The van der Waals surface area contributed by atoms with Crippen LogP contribution in [0, 0.1) is 0 Å². The van der Waals surface area contributed by atoms with Crippen molar-refractivity contribution in [3.8, 4) is 0 Å². The van der Waals surface area contributed by atoms with E-state index in [1.807, 2.05) is 12.1 Å². The zero-order valence-corrected chi connectivity index (χ0v) is 13.3. The maximum atomic E-state index is 5.94. The fourth-order valence-electron chi connectivity index (χ4n) is 2.33. The summed E-state index contributed by atoms with van der Waals surface area (Å²) in [6, 6.07) is 16.8. The smallest absolute Gasteiger partial charge is 0.0485 e. The minimum Gasteiger partial charge on any atom is -0.378 e. The lowest BCUT2D eigenvalue weighted by Gasteiger charge is -2.25. The average Bonchev–Trinajstić information content (AvgIpc) is 2.38. The number of nitrogens with one attached hydrogen (secondary N) is 1. The van der Waals surface area contributed by atoms with Gasteiger partial charge in [0, 0.05) is 16.8 Å². The molecule has 0 spiro atoms. The highest BCUT2D eigenvalue weighted by molar-refractivity contribution is 6.30. The Hall–Kier alpha value is -1.47. The molecule has 0 heterocycles. The van der Waals surface area contributed by atoms with E-state index in [2.05, 4.69) is 69.4 Å². The van der Waals surface area contributed by atoms with Crippen LogP contribution >= 0.6 is 11.6 Å². The Morgan fingerprint density at radius 1 is 0.950 bits per heavy atom. The molecule has 0 amide bonds. The summed E-state index contributed by atoms with van der Waals surface area (Å²) in [5, 5.41) is 4.38. The molecule has 106 valence electrons. The summed E-state index contributed by atoms with van der Waals surface area (Å²) in [4.78, 5) is 0. The van der Waals surface area contributed by atoms with E-state index >= 15 is 0 Å². The van der Waals surface area contributed by atoms with Gasteiger partial charge in [-0.3, -0.25) is 0 Å². The highest BCUT2D eigenvalue weighted by atomic mass is 35.5. The topological polar surface area (TPSA) is 12.0 Å². The van der Waals surface area contributed by atoms with Gasteiger partial charge in [-0.05, 0) is 41.7 Å². The molecule has 0 saturated heterocycles. The monoisotopic (exact) mass is 287 g/mol. The second-order valence-corrected chi connectivity index (χ2v) is 6.65. The van der Waals surface area contributed by atoms with Gasteiger partial charge >= 0.3 is 0 Å². The second-order valence-electron chi connectivity index (χ2n) is 6.21. The van der Waals surface area contributed by atoms with Gasteiger partial charge in [0.2, 0.25) is 0 Å². The summed E-state index contributed by atoms with van der Waals surface area (Å²) in [5.74, 6) is 0. The Bertz CT molecular complexity index is 567. The Labute approximate surface area is 127 Å². The largest absolute Gasteiger partial charge is 0.378 e. The van der Waals surface area contributed by atoms with Gasteiger partial charge in [0.05, 0.1) is 0 Å². The molecule has 0 aliphatic rings. The molecule has 2 aromatic rings. The molecule has 0 saturated carbocycles. The molecular formula is C18H22ClN. The molecule has 1 unspecified atom stereocenters. The van der Waals surface area contributed by atoms with Crippen LogP contribution in [0.3, 0.4) is 0 Å². The van der Waals surface area contributed by atoms with Crippen molar-refractivity contribution in [3.63, 3.8) is 0 Å². The van der Waals surface area contributed by atoms with Gasteiger partial charge in [-0.1, -0.05) is 62.7 Å². The van der Waals surface area contributed by atoms with Gasteiger partial charge < -0.3 is 5.32 Å². The van der Waals surface area contributed by atoms with Crippen molar-refractivity contribution in [2.24, 2.45) is 0 Å². The third kappa shape index (κ3) is 3.55. The van der Waals surface area contributed by atoms with Crippen molar-refractivity contribution >= 4 is 17.3 Å². The SMILES string of the molecule is CC(Nc1ccccc1C(C)(C)C)c1ccc(Cl)cc1. The van der Waals surface area contributed by atoms with Gasteiger partial charge in [0.15, 0.2) is 0 Å². The predicted molar refractivity (Wildman–Crippen MR) is 88.6 cm³/mol. The van der Waals surface area contributed by atoms with Gasteiger partial charge in [0.1, 0.15) is 0 Å². The van der Waals surface area contributed by atoms with Crippen LogP contribution in [0.1, 0.15) is 44.9 Å². The molecule has 0 fully saturated rings. The average molecular weight is 288 g/mol. The van der Waals surface area contributed by atoms with E-state index in [-0.39, 0.29) is 11.5 Å². The summed E-state index contributed by atoms with van der Waals surface area (Å²) in [7, 11) is 0. The van der Waals surface area contributed by atoms with Crippen LogP contribution in [0.15, 0.2) is 48.5 Å². The molecule has 2 rings (SSSR count). The molecule has 0 aliphatic heterocycles. The normalized spacial score (nSPS) is 13.1. The molecule has 2 heteroatoms. The van der Waals surface area contributed by atoms with Gasteiger partial charge in [-0.25, -0.2) is 0 Å². The number of halogens is 1. The van der Waals surface area contributed by atoms with Gasteiger partial charge in [0.25, 0.3) is 0 Å². The molecule has 0 radical (unpaired) electrons. The first kappa shape index (κ1) is 14.9. The van der Waals surface area contributed by atoms with Crippen LogP contribution in [0.4, 0.5) is 5.69 Å². The summed E-state index contributed by atoms with van der Waals surface area (Å²) < 4.78 is 0. The van der Waals surface area contributed by atoms with E-state index in [0.29, 0.717) is 0 Å². The molecule has 20 heavy (non-hydrogen) atoms. The lowest BCUT2D eigenvalue weighted by Crippen LogP contribution is -2.16. The van der Waals surface area contributed by atoms with Gasteiger partial charge in [-0.15, -0.1) is 0 Å². The highest BCUT2D eigenvalue weighted by Gasteiger charge is 2.18. The Kier molecular flexibility index (Phi) is 4.39. The fourth-order valence-corrected chi connectivity index (χ4v) is 2.46. The van der Waals surface area contributed by atoms with Crippen molar-refractivity contribution in [1.29, 1.82) is 0 Å². The standard InChI is InChI=1S/C18H22ClN/c1-13(14-9-11-15(19)12-10-14)20-17-8-6-5-7-16(17)18(2,3)4/h5-13,20H,1-4H3. The maximum Gasteiger partial charge on any atom is 0.0485 e. The quantitative estimate of drug-likeness (QED) is 0.751. The van der Waals surface area contributed by atoms with Crippen LogP contribution < -0.4 is 5.32 Å². The first-order chi connectivity index (χ1) is 9.38. The second kappa shape index (κ2) is 5.88. The minimum atomic E-state index is 0.128. The first-order valence-corrected chi connectivity index (χ1v) is 7.37. The van der Waals surface area contributed by atoms with Crippen molar-refractivity contribution in [3.05, 3.63) is 64.7 Å². The fraction of sp³-hybridized carbons (Fsp3) is 0.333. The maximum absolute atomic E-state index is 5.94. The lowest BCUT2D eigenvalue weighted by molar-refractivity contribution is 0.590. The Morgan fingerprint density at radius 2 is 1.55 bits per heavy atom. The summed E-state index contributed by atoms with van der Waals surface area (Å²) >= 11 is 5.94.